The number of para-hydroxylation sites is 1. The number of ether oxygens (including phenoxy) is 2. The standard InChI is InChI=1S/C22H24N2O5/c1-13(2)23-21(25)18-19(16-11-10-15(27-3)12-17(16)28-4)24(29-20(18)22(23)26)14-8-6-5-7-9-14/h5-13,18-20H,1-4H3/t18-,19-,20+/m0/s1. The molecule has 0 spiro atoms. The van der Waals surface area contributed by atoms with E-state index in [0.717, 1.165) is 11.3 Å². The third-order valence-electron chi connectivity index (χ3n) is 5.44. The van der Waals surface area contributed by atoms with Gasteiger partial charge < -0.3 is 9.47 Å². The van der Waals surface area contributed by atoms with E-state index in [4.69, 9.17) is 14.3 Å². The Bertz CT molecular complexity index is 930. The van der Waals surface area contributed by atoms with Crippen molar-refractivity contribution in [2.45, 2.75) is 32.0 Å². The van der Waals surface area contributed by atoms with Gasteiger partial charge in [-0.2, -0.15) is 0 Å². The fourth-order valence-electron chi connectivity index (χ4n) is 4.12. The summed E-state index contributed by atoms with van der Waals surface area (Å²) in [6.07, 6.45) is -0.859. The van der Waals surface area contributed by atoms with Crippen LogP contribution in [-0.4, -0.2) is 43.1 Å². The number of carbonyl (C=O) groups is 2. The molecule has 2 amide bonds. The molecule has 2 aliphatic rings. The molecule has 7 heteroatoms. The van der Waals surface area contributed by atoms with Crippen LogP contribution in [0.15, 0.2) is 48.5 Å². The number of carbonyl (C=O) groups excluding carboxylic acids is 2. The van der Waals surface area contributed by atoms with Crippen molar-refractivity contribution in [3.63, 3.8) is 0 Å². The van der Waals surface area contributed by atoms with Crippen LogP contribution < -0.4 is 14.5 Å². The smallest absolute Gasteiger partial charge is 0.262 e. The Kier molecular flexibility index (Phi) is 4.92. The molecule has 0 unspecified atom stereocenters. The summed E-state index contributed by atoms with van der Waals surface area (Å²) in [6.45, 7) is 3.66. The van der Waals surface area contributed by atoms with Gasteiger partial charge in [-0.1, -0.05) is 18.2 Å². The van der Waals surface area contributed by atoms with Gasteiger partial charge in [0.05, 0.1) is 25.9 Å². The second-order valence-electron chi connectivity index (χ2n) is 7.41. The summed E-state index contributed by atoms with van der Waals surface area (Å²) in [6, 6.07) is 14.2. The van der Waals surface area contributed by atoms with Crippen LogP contribution in [0.3, 0.4) is 0 Å². The summed E-state index contributed by atoms with van der Waals surface area (Å²) in [5.74, 6) is 0.0300. The average molecular weight is 396 g/mol. The summed E-state index contributed by atoms with van der Waals surface area (Å²) in [5.41, 5.74) is 1.53. The summed E-state index contributed by atoms with van der Waals surface area (Å²) >= 11 is 0. The van der Waals surface area contributed by atoms with Crippen molar-refractivity contribution in [1.82, 2.24) is 4.90 Å². The molecule has 2 aromatic rings. The molecule has 0 radical (unpaired) electrons. The Morgan fingerprint density at radius 3 is 2.31 bits per heavy atom. The minimum Gasteiger partial charge on any atom is -0.497 e. The molecule has 0 N–H and O–H groups in total. The van der Waals surface area contributed by atoms with E-state index in [1.165, 1.54) is 4.90 Å². The highest BCUT2D eigenvalue weighted by atomic mass is 16.7. The molecule has 2 fully saturated rings. The largest absolute Gasteiger partial charge is 0.497 e. The van der Waals surface area contributed by atoms with Gasteiger partial charge in [-0.05, 0) is 38.1 Å². The zero-order valence-electron chi connectivity index (χ0n) is 16.9. The Morgan fingerprint density at radius 2 is 1.69 bits per heavy atom. The Morgan fingerprint density at radius 1 is 0.966 bits per heavy atom. The lowest BCUT2D eigenvalue weighted by Gasteiger charge is -2.30. The average Bonchev–Trinajstić information content (AvgIpc) is 3.24. The molecule has 7 nitrogen and oxygen atoms in total. The first-order valence-corrected chi connectivity index (χ1v) is 9.57. The minimum absolute atomic E-state index is 0.226. The Balaban J connectivity index is 1.84. The lowest BCUT2D eigenvalue weighted by molar-refractivity contribution is -0.145. The van der Waals surface area contributed by atoms with Crippen LogP contribution in [0.5, 0.6) is 11.5 Å². The molecular weight excluding hydrogens is 372 g/mol. The predicted octanol–water partition coefficient (Wildman–Crippen LogP) is 2.96. The van der Waals surface area contributed by atoms with Crippen molar-refractivity contribution in [2.24, 2.45) is 5.92 Å². The molecule has 2 saturated heterocycles. The number of benzene rings is 2. The van der Waals surface area contributed by atoms with Crippen LogP contribution in [0.1, 0.15) is 25.5 Å². The van der Waals surface area contributed by atoms with Gasteiger partial charge in [-0.25, -0.2) is 5.06 Å². The number of hydrogen-bond acceptors (Lipinski definition) is 6. The highest BCUT2D eigenvalue weighted by molar-refractivity contribution is 6.08. The zero-order chi connectivity index (χ0) is 20.7. The van der Waals surface area contributed by atoms with Crippen molar-refractivity contribution in [3.8, 4) is 11.5 Å². The molecule has 2 aliphatic heterocycles. The number of methoxy groups -OCH3 is 2. The Labute approximate surface area is 169 Å². The third kappa shape index (κ3) is 3.02. The molecule has 0 saturated carbocycles. The van der Waals surface area contributed by atoms with Crippen LogP contribution in [0, 0.1) is 5.92 Å². The number of anilines is 1. The maximum absolute atomic E-state index is 13.3. The molecule has 29 heavy (non-hydrogen) atoms. The fourth-order valence-corrected chi connectivity index (χ4v) is 4.12. The molecular formula is C22H24N2O5. The lowest BCUT2D eigenvalue weighted by Crippen LogP contribution is -2.41. The number of rotatable bonds is 5. The maximum Gasteiger partial charge on any atom is 0.262 e. The van der Waals surface area contributed by atoms with Gasteiger partial charge in [0.2, 0.25) is 5.91 Å². The van der Waals surface area contributed by atoms with Gasteiger partial charge in [0, 0.05) is 17.7 Å². The van der Waals surface area contributed by atoms with Gasteiger partial charge in [-0.15, -0.1) is 0 Å². The number of nitrogens with zero attached hydrogens (tertiary/aromatic N) is 2. The van der Waals surface area contributed by atoms with Crippen molar-refractivity contribution in [3.05, 3.63) is 54.1 Å². The van der Waals surface area contributed by atoms with E-state index in [0.29, 0.717) is 11.5 Å². The summed E-state index contributed by atoms with van der Waals surface area (Å²) in [5, 5.41) is 1.66. The van der Waals surface area contributed by atoms with Crippen molar-refractivity contribution in [2.75, 3.05) is 19.3 Å². The highest BCUT2D eigenvalue weighted by Crippen LogP contribution is 2.49. The number of imide groups is 1. The highest BCUT2D eigenvalue weighted by Gasteiger charge is 2.60. The first kappa shape index (κ1) is 19.3. The molecule has 3 atom stereocenters. The van der Waals surface area contributed by atoms with E-state index in [1.807, 2.05) is 56.3 Å². The minimum atomic E-state index is -0.859. The van der Waals surface area contributed by atoms with Crippen LogP contribution in [-0.2, 0) is 14.4 Å². The van der Waals surface area contributed by atoms with Gasteiger partial charge in [-0.3, -0.25) is 19.3 Å². The molecule has 2 aromatic carbocycles. The molecule has 0 aromatic heterocycles. The number of amides is 2. The van der Waals surface area contributed by atoms with E-state index < -0.39 is 18.1 Å². The van der Waals surface area contributed by atoms with Crippen molar-refractivity contribution < 1.29 is 23.9 Å². The summed E-state index contributed by atoms with van der Waals surface area (Å²) < 4.78 is 10.9. The molecule has 0 bridgehead atoms. The number of hydrogen-bond donors (Lipinski definition) is 0. The first-order valence-electron chi connectivity index (χ1n) is 9.57. The van der Waals surface area contributed by atoms with Gasteiger partial charge in [0.1, 0.15) is 17.4 Å². The van der Waals surface area contributed by atoms with Crippen molar-refractivity contribution >= 4 is 17.5 Å². The summed E-state index contributed by atoms with van der Waals surface area (Å²) in [4.78, 5) is 33.6. The van der Waals surface area contributed by atoms with Crippen LogP contribution in [0.25, 0.3) is 0 Å². The quantitative estimate of drug-likeness (QED) is 0.724. The van der Waals surface area contributed by atoms with E-state index in [2.05, 4.69) is 0 Å². The van der Waals surface area contributed by atoms with Gasteiger partial charge >= 0.3 is 0 Å². The van der Waals surface area contributed by atoms with Gasteiger partial charge in [0.25, 0.3) is 5.91 Å². The van der Waals surface area contributed by atoms with Crippen LogP contribution >= 0.6 is 0 Å². The number of likely N-dealkylation sites (tertiary alicyclic amines) is 1. The maximum atomic E-state index is 13.3. The van der Waals surface area contributed by atoms with E-state index in [9.17, 15) is 9.59 Å². The predicted molar refractivity (Wildman–Crippen MR) is 107 cm³/mol. The SMILES string of the molecule is COc1ccc([C@H]2[C@@H]3C(=O)N(C(C)C)C(=O)[C@@H]3ON2c2ccccc2)c(OC)c1. The van der Waals surface area contributed by atoms with Crippen LogP contribution in [0.4, 0.5) is 5.69 Å². The zero-order valence-corrected chi connectivity index (χ0v) is 16.9. The number of hydroxylamine groups is 1. The van der Waals surface area contributed by atoms with Crippen molar-refractivity contribution in [1.29, 1.82) is 0 Å². The molecule has 4 rings (SSSR count). The fraction of sp³-hybridized carbons (Fsp3) is 0.364. The topological polar surface area (TPSA) is 68.3 Å². The molecule has 152 valence electrons. The number of fused-ring (bicyclic) bond motifs is 1. The lowest BCUT2D eigenvalue weighted by atomic mass is 9.90. The Hall–Kier alpha value is -3.06. The van der Waals surface area contributed by atoms with E-state index in [1.54, 1.807) is 25.3 Å². The van der Waals surface area contributed by atoms with E-state index >= 15 is 0 Å². The normalized spacial score (nSPS) is 23.7. The van der Waals surface area contributed by atoms with Crippen LogP contribution in [0.2, 0.25) is 0 Å². The second-order valence-corrected chi connectivity index (χ2v) is 7.41. The second kappa shape index (κ2) is 7.40. The molecule has 0 aliphatic carbocycles. The van der Waals surface area contributed by atoms with Gasteiger partial charge in [0.15, 0.2) is 6.10 Å². The third-order valence-corrected chi connectivity index (χ3v) is 5.44. The first-order chi connectivity index (χ1) is 14.0. The van der Waals surface area contributed by atoms with E-state index in [-0.39, 0.29) is 17.9 Å². The summed E-state index contributed by atoms with van der Waals surface area (Å²) in [7, 11) is 3.15. The monoisotopic (exact) mass is 396 g/mol. The molecule has 2 heterocycles.